The summed E-state index contributed by atoms with van der Waals surface area (Å²) >= 11 is 0. The number of nitrogens with zero attached hydrogens (tertiary/aromatic N) is 1. The molecule has 0 spiro atoms. The number of hydrogen-bond acceptors (Lipinski definition) is 2. The Morgan fingerprint density at radius 3 is 2.69 bits per heavy atom. The van der Waals surface area contributed by atoms with E-state index in [1.165, 1.54) is 0 Å². The van der Waals surface area contributed by atoms with E-state index in [0.717, 1.165) is 25.1 Å². The molecule has 13 heavy (non-hydrogen) atoms. The van der Waals surface area contributed by atoms with Gasteiger partial charge in [-0.2, -0.15) is 0 Å². The standard InChI is InChI=1S/C9H20N2OS/c1-4-5-9(10)11-8(2)6-7-13(3)12/h8H,4-7H2,1-3H3,(H2,10,11). The lowest BCUT2D eigenvalue weighted by atomic mass is 10.2. The quantitative estimate of drug-likeness (QED) is 0.524. The van der Waals surface area contributed by atoms with Crippen molar-refractivity contribution in [1.82, 2.24) is 0 Å². The molecule has 3 nitrogen and oxygen atoms in total. The summed E-state index contributed by atoms with van der Waals surface area (Å²) in [6.07, 6.45) is 4.46. The third-order valence-electron chi connectivity index (χ3n) is 1.72. The van der Waals surface area contributed by atoms with E-state index in [1.54, 1.807) is 6.26 Å². The molecule has 0 saturated heterocycles. The highest BCUT2D eigenvalue weighted by Crippen LogP contribution is 1.99. The number of nitrogens with two attached hydrogens (primary N) is 1. The molecule has 4 heteroatoms. The topological polar surface area (TPSA) is 55.4 Å². The Morgan fingerprint density at radius 1 is 1.62 bits per heavy atom. The molecule has 0 saturated carbocycles. The molecule has 0 amide bonds. The summed E-state index contributed by atoms with van der Waals surface area (Å²) in [6, 6.07) is 0.204. The first-order chi connectivity index (χ1) is 6.06. The van der Waals surface area contributed by atoms with Crippen molar-refractivity contribution in [3.05, 3.63) is 0 Å². The van der Waals surface area contributed by atoms with Crippen LogP contribution in [0.2, 0.25) is 0 Å². The van der Waals surface area contributed by atoms with Gasteiger partial charge in [0.05, 0.1) is 5.84 Å². The van der Waals surface area contributed by atoms with Crippen molar-refractivity contribution < 1.29 is 4.21 Å². The summed E-state index contributed by atoms with van der Waals surface area (Å²) in [7, 11) is -0.715. The van der Waals surface area contributed by atoms with E-state index in [1.807, 2.05) is 6.92 Å². The molecule has 0 heterocycles. The number of amidine groups is 1. The highest BCUT2D eigenvalue weighted by molar-refractivity contribution is 7.84. The zero-order chi connectivity index (χ0) is 10.3. The van der Waals surface area contributed by atoms with E-state index in [9.17, 15) is 4.21 Å². The number of hydrogen-bond donors (Lipinski definition) is 1. The maximum atomic E-state index is 10.8. The molecule has 0 rings (SSSR count). The minimum Gasteiger partial charge on any atom is -0.387 e. The Balaban J connectivity index is 3.77. The lowest BCUT2D eigenvalue weighted by Gasteiger charge is -2.06. The fraction of sp³-hybridized carbons (Fsp3) is 0.889. The molecular weight excluding hydrogens is 184 g/mol. The monoisotopic (exact) mass is 204 g/mol. The van der Waals surface area contributed by atoms with Crippen molar-refractivity contribution in [2.45, 2.75) is 39.2 Å². The molecule has 0 aromatic carbocycles. The van der Waals surface area contributed by atoms with Crippen molar-refractivity contribution in [3.8, 4) is 0 Å². The van der Waals surface area contributed by atoms with E-state index in [-0.39, 0.29) is 6.04 Å². The lowest BCUT2D eigenvalue weighted by Crippen LogP contribution is -2.16. The third-order valence-corrected chi connectivity index (χ3v) is 2.53. The Morgan fingerprint density at radius 2 is 2.23 bits per heavy atom. The molecule has 0 radical (unpaired) electrons. The van der Waals surface area contributed by atoms with Crippen LogP contribution in [-0.2, 0) is 10.8 Å². The van der Waals surface area contributed by atoms with Crippen LogP contribution in [0.1, 0.15) is 33.1 Å². The zero-order valence-electron chi connectivity index (χ0n) is 8.75. The van der Waals surface area contributed by atoms with Crippen molar-refractivity contribution in [2.75, 3.05) is 12.0 Å². The van der Waals surface area contributed by atoms with Crippen LogP contribution in [0.25, 0.3) is 0 Å². The highest BCUT2D eigenvalue weighted by atomic mass is 32.2. The molecule has 0 aromatic heterocycles. The van der Waals surface area contributed by atoms with Crippen molar-refractivity contribution in [2.24, 2.45) is 10.7 Å². The van der Waals surface area contributed by atoms with Gasteiger partial charge in [-0.05, 0) is 19.8 Å². The first kappa shape index (κ1) is 12.6. The second-order valence-electron chi connectivity index (χ2n) is 3.29. The Bertz CT molecular complexity index is 192. The maximum Gasteiger partial charge on any atom is 0.0940 e. The van der Waals surface area contributed by atoms with Gasteiger partial charge in [-0.1, -0.05) is 6.92 Å². The van der Waals surface area contributed by atoms with Crippen LogP contribution in [0.5, 0.6) is 0 Å². The van der Waals surface area contributed by atoms with Crippen molar-refractivity contribution in [1.29, 1.82) is 0 Å². The molecule has 2 N–H and O–H groups in total. The third kappa shape index (κ3) is 7.96. The van der Waals surface area contributed by atoms with Crippen LogP contribution >= 0.6 is 0 Å². The smallest absolute Gasteiger partial charge is 0.0940 e. The van der Waals surface area contributed by atoms with E-state index >= 15 is 0 Å². The summed E-state index contributed by atoms with van der Waals surface area (Å²) in [6.45, 7) is 4.09. The summed E-state index contributed by atoms with van der Waals surface area (Å²) in [5.74, 6) is 1.43. The molecule has 0 fully saturated rings. The van der Waals surface area contributed by atoms with Gasteiger partial charge in [-0.15, -0.1) is 0 Å². The SMILES string of the molecule is CCCC(N)=NC(C)CCS(C)=O. The van der Waals surface area contributed by atoms with Gasteiger partial charge in [-0.25, -0.2) is 0 Å². The van der Waals surface area contributed by atoms with E-state index in [0.29, 0.717) is 5.75 Å². The molecule has 0 aliphatic carbocycles. The average molecular weight is 204 g/mol. The Kier molecular flexibility index (Phi) is 6.86. The Hall–Kier alpha value is -0.380. The van der Waals surface area contributed by atoms with Gasteiger partial charge in [0, 0.05) is 35.3 Å². The number of rotatable bonds is 6. The lowest BCUT2D eigenvalue weighted by molar-refractivity contribution is 0.671. The molecule has 0 aromatic rings. The summed E-state index contributed by atoms with van der Waals surface area (Å²) in [5, 5.41) is 0. The second kappa shape index (κ2) is 7.06. The van der Waals surface area contributed by atoms with Crippen LogP contribution < -0.4 is 5.73 Å². The van der Waals surface area contributed by atoms with Gasteiger partial charge in [0.25, 0.3) is 0 Å². The van der Waals surface area contributed by atoms with Gasteiger partial charge >= 0.3 is 0 Å². The molecule has 2 atom stereocenters. The van der Waals surface area contributed by atoms with E-state index in [2.05, 4.69) is 11.9 Å². The number of aliphatic imine (C=N–C) groups is 1. The second-order valence-corrected chi connectivity index (χ2v) is 4.84. The van der Waals surface area contributed by atoms with Crippen LogP contribution in [0.3, 0.4) is 0 Å². The van der Waals surface area contributed by atoms with Gasteiger partial charge < -0.3 is 5.73 Å². The van der Waals surface area contributed by atoms with Gasteiger partial charge in [0.2, 0.25) is 0 Å². The van der Waals surface area contributed by atoms with Crippen molar-refractivity contribution in [3.63, 3.8) is 0 Å². The van der Waals surface area contributed by atoms with Gasteiger partial charge in [0.1, 0.15) is 0 Å². The van der Waals surface area contributed by atoms with Gasteiger partial charge in [-0.3, -0.25) is 9.20 Å². The summed E-state index contributed by atoms with van der Waals surface area (Å²) < 4.78 is 10.8. The van der Waals surface area contributed by atoms with Crippen LogP contribution in [-0.4, -0.2) is 28.1 Å². The predicted molar refractivity (Wildman–Crippen MR) is 59.5 cm³/mol. The van der Waals surface area contributed by atoms with E-state index in [4.69, 9.17) is 5.73 Å². The summed E-state index contributed by atoms with van der Waals surface area (Å²) in [4.78, 5) is 4.30. The molecule has 78 valence electrons. The zero-order valence-corrected chi connectivity index (χ0v) is 9.56. The molecule has 2 unspecified atom stereocenters. The average Bonchev–Trinajstić information content (AvgIpc) is 2.01. The maximum absolute atomic E-state index is 10.8. The molecule has 0 aliphatic heterocycles. The normalized spacial score (nSPS) is 17.0. The fourth-order valence-corrected chi connectivity index (χ4v) is 1.68. The first-order valence-electron chi connectivity index (χ1n) is 4.68. The first-order valence-corrected chi connectivity index (χ1v) is 6.41. The van der Waals surface area contributed by atoms with E-state index < -0.39 is 10.8 Å². The molecule has 0 aliphatic rings. The van der Waals surface area contributed by atoms with Crippen molar-refractivity contribution >= 4 is 16.6 Å². The Labute approximate surface area is 83.3 Å². The van der Waals surface area contributed by atoms with Gasteiger partial charge in [0.15, 0.2) is 0 Å². The summed E-state index contributed by atoms with van der Waals surface area (Å²) in [5.41, 5.74) is 5.67. The van der Waals surface area contributed by atoms with Crippen LogP contribution in [0.15, 0.2) is 4.99 Å². The minimum absolute atomic E-state index is 0.204. The van der Waals surface area contributed by atoms with Crippen LogP contribution in [0, 0.1) is 0 Å². The highest BCUT2D eigenvalue weighted by Gasteiger charge is 2.01. The fourth-order valence-electron chi connectivity index (χ4n) is 1.00. The predicted octanol–water partition coefficient (Wildman–Crippen LogP) is 1.30. The van der Waals surface area contributed by atoms with Crippen LogP contribution in [0.4, 0.5) is 0 Å². The molecular formula is C9H20N2OS. The minimum atomic E-state index is -0.715. The largest absolute Gasteiger partial charge is 0.387 e. The molecule has 0 bridgehead atoms.